The van der Waals surface area contributed by atoms with Gasteiger partial charge in [0.1, 0.15) is 17.4 Å². The number of fused-ring (bicyclic) bond motifs is 1. The molecular weight excluding hydrogens is 419 g/mol. The van der Waals surface area contributed by atoms with Crippen LogP contribution in [0.3, 0.4) is 0 Å². The van der Waals surface area contributed by atoms with Gasteiger partial charge in [-0.25, -0.2) is 9.07 Å². The minimum absolute atomic E-state index is 0.126. The number of carbonyl (C=O) groups excluding carboxylic acids is 2. The number of anilines is 1. The van der Waals surface area contributed by atoms with Gasteiger partial charge in [-0.15, -0.1) is 11.8 Å². The Morgan fingerprint density at radius 3 is 2.55 bits per heavy atom. The lowest BCUT2D eigenvalue weighted by molar-refractivity contribution is -0.120. The molecule has 7 nitrogen and oxygen atoms in total. The van der Waals surface area contributed by atoms with Gasteiger partial charge in [0.05, 0.1) is 21.9 Å². The van der Waals surface area contributed by atoms with Crippen molar-refractivity contribution in [2.45, 2.75) is 24.3 Å². The number of nitrogens with one attached hydrogen (secondary N) is 1. The van der Waals surface area contributed by atoms with Crippen LogP contribution in [0.2, 0.25) is 0 Å². The smallest absolute Gasteiger partial charge is 0.255 e. The van der Waals surface area contributed by atoms with Gasteiger partial charge in [-0.3, -0.25) is 9.59 Å². The molecule has 0 fully saturated rings. The van der Waals surface area contributed by atoms with Crippen LogP contribution in [-0.2, 0) is 9.59 Å². The Bertz CT molecular complexity index is 1130. The van der Waals surface area contributed by atoms with E-state index in [0.717, 1.165) is 16.8 Å². The van der Waals surface area contributed by atoms with Crippen molar-refractivity contribution in [1.82, 2.24) is 9.78 Å². The number of hydrogen-bond acceptors (Lipinski definition) is 5. The number of thioether (sulfide) groups is 1. The van der Waals surface area contributed by atoms with E-state index < -0.39 is 5.91 Å². The van der Waals surface area contributed by atoms with Crippen LogP contribution in [0.5, 0.6) is 5.75 Å². The molecule has 3 aromatic rings. The molecule has 1 aromatic heterocycles. The molecule has 0 spiro atoms. The number of aromatic nitrogens is 2. The fourth-order valence-electron chi connectivity index (χ4n) is 3.43. The summed E-state index contributed by atoms with van der Waals surface area (Å²) in [6.07, 6.45) is 0. The summed E-state index contributed by atoms with van der Waals surface area (Å²) >= 11 is 1.52. The van der Waals surface area contributed by atoms with E-state index in [4.69, 9.17) is 10.5 Å². The Labute approximate surface area is 182 Å². The van der Waals surface area contributed by atoms with Crippen molar-refractivity contribution in [3.8, 4) is 11.4 Å². The molecule has 2 heterocycles. The van der Waals surface area contributed by atoms with Crippen LogP contribution in [0, 0.1) is 12.7 Å². The van der Waals surface area contributed by atoms with E-state index >= 15 is 0 Å². The fourth-order valence-corrected chi connectivity index (χ4v) is 4.76. The highest BCUT2D eigenvalue weighted by Crippen LogP contribution is 2.46. The quantitative estimate of drug-likeness (QED) is 0.634. The standard InChI is InChI=1S/C22H21FN4O3S/c1-12-19-20(14-3-9-17(10-4-14)30-11-18(24)28)31-13(2)22(29)25-21(19)27(26-12)16-7-5-15(23)6-8-16/h3-10,13,20H,11H2,1-2H3,(H2,24,28)(H,25,29)/t13-,20-/m1/s1. The number of nitrogens with two attached hydrogens (primary N) is 1. The molecule has 160 valence electrons. The topological polar surface area (TPSA) is 99.2 Å². The molecule has 0 saturated carbocycles. The number of nitrogens with zero attached hydrogens (tertiary/aromatic N) is 2. The van der Waals surface area contributed by atoms with E-state index in [9.17, 15) is 14.0 Å². The van der Waals surface area contributed by atoms with Gasteiger partial charge in [-0.1, -0.05) is 12.1 Å². The minimum atomic E-state index is -0.546. The van der Waals surface area contributed by atoms with Crippen LogP contribution in [0.25, 0.3) is 5.69 Å². The molecule has 1 aliphatic rings. The monoisotopic (exact) mass is 440 g/mol. The van der Waals surface area contributed by atoms with Crippen molar-refractivity contribution < 1.29 is 18.7 Å². The summed E-state index contributed by atoms with van der Waals surface area (Å²) in [5.74, 6) is 0.0875. The number of hydrogen-bond donors (Lipinski definition) is 2. The Morgan fingerprint density at radius 2 is 1.90 bits per heavy atom. The SMILES string of the molecule is Cc1nn(-c2ccc(F)cc2)c2c1[C@@H](c1ccc(OCC(N)=O)cc1)S[C@H](C)C(=O)N2. The van der Waals surface area contributed by atoms with E-state index in [0.29, 0.717) is 17.3 Å². The number of ether oxygens (including phenoxy) is 1. The van der Waals surface area contributed by atoms with Crippen LogP contribution in [-0.4, -0.2) is 33.5 Å². The van der Waals surface area contributed by atoms with Gasteiger partial charge in [0.15, 0.2) is 6.61 Å². The first-order valence-electron chi connectivity index (χ1n) is 9.66. The largest absolute Gasteiger partial charge is 0.484 e. The van der Waals surface area contributed by atoms with Gasteiger partial charge in [0, 0.05) is 5.56 Å². The average molecular weight is 441 g/mol. The second-order valence-corrected chi connectivity index (χ2v) is 8.66. The Balaban J connectivity index is 1.76. The normalized spacial score (nSPS) is 18.1. The van der Waals surface area contributed by atoms with Gasteiger partial charge >= 0.3 is 0 Å². The van der Waals surface area contributed by atoms with Crippen LogP contribution in [0.4, 0.5) is 10.2 Å². The highest BCUT2D eigenvalue weighted by atomic mass is 32.2. The number of carbonyl (C=O) groups is 2. The van der Waals surface area contributed by atoms with Crippen molar-refractivity contribution in [2.75, 3.05) is 11.9 Å². The number of primary amides is 1. The lowest BCUT2D eigenvalue weighted by atomic mass is 10.0. The lowest BCUT2D eigenvalue weighted by Crippen LogP contribution is -2.22. The van der Waals surface area contributed by atoms with Crippen molar-refractivity contribution in [1.29, 1.82) is 0 Å². The van der Waals surface area contributed by atoms with Gasteiger partial charge in [-0.2, -0.15) is 5.10 Å². The van der Waals surface area contributed by atoms with Crippen molar-refractivity contribution in [3.05, 3.63) is 71.2 Å². The third kappa shape index (κ3) is 4.27. The molecular formula is C22H21FN4O3S. The fraction of sp³-hybridized carbons (Fsp3) is 0.227. The number of aryl methyl sites for hydroxylation is 1. The third-order valence-corrected chi connectivity index (χ3v) is 6.36. The van der Waals surface area contributed by atoms with Crippen molar-refractivity contribution in [2.24, 2.45) is 5.73 Å². The molecule has 0 radical (unpaired) electrons. The van der Waals surface area contributed by atoms with Crippen LogP contribution in [0.15, 0.2) is 48.5 Å². The summed E-state index contributed by atoms with van der Waals surface area (Å²) in [6.45, 7) is 3.55. The number of rotatable bonds is 5. The number of halogens is 1. The van der Waals surface area contributed by atoms with Crippen LogP contribution in [0.1, 0.15) is 29.0 Å². The first-order chi connectivity index (χ1) is 14.8. The van der Waals surface area contributed by atoms with Gasteiger partial charge in [-0.05, 0) is 55.8 Å². The maximum absolute atomic E-state index is 13.4. The summed E-state index contributed by atoms with van der Waals surface area (Å²) in [7, 11) is 0. The second kappa shape index (κ2) is 8.43. The lowest BCUT2D eigenvalue weighted by Gasteiger charge is -2.18. The molecule has 0 unspecified atom stereocenters. The molecule has 31 heavy (non-hydrogen) atoms. The second-order valence-electron chi connectivity index (χ2n) is 7.21. The molecule has 9 heteroatoms. The molecule has 0 bridgehead atoms. The molecule has 0 saturated heterocycles. The van der Waals surface area contributed by atoms with E-state index in [1.807, 2.05) is 26.0 Å². The summed E-state index contributed by atoms with van der Waals surface area (Å²) < 4.78 is 20.4. The minimum Gasteiger partial charge on any atom is -0.484 e. The summed E-state index contributed by atoms with van der Waals surface area (Å²) in [5.41, 5.74) is 8.39. The van der Waals surface area contributed by atoms with Crippen LogP contribution >= 0.6 is 11.8 Å². The molecule has 2 aromatic carbocycles. The first kappa shape index (κ1) is 20.9. The molecule has 2 atom stereocenters. The van der Waals surface area contributed by atoms with Crippen LogP contribution < -0.4 is 15.8 Å². The summed E-state index contributed by atoms with van der Waals surface area (Å²) in [6, 6.07) is 13.3. The zero-order valence-electron chi connectivity index (χ0n) is 17.0. The van der Waals surface area contributed by atoms with E-state index in [-0.39, 0.29) is 28.8 Å². The predicted molar refractivity (Wildman–Crippen MR) is 117 cm³/mol. The third-order valence-electron chi connectivity index (χ3n) is 4.96. The molecule has 2 amide bonds. The number of amides is 2. The molecule has 3 N–H and O–H groups in total. The highest BCUT2D eigenvalue weighted by molar-refractivity contribution is 8.01. The van der Waals surface area contributed by atoms with E-state index in [1.165, 1.54) is 23.9 Å². The highest BCUT2D eigenvalue weighted by Gasteiger charge is 2.34. The van der Waals surface area contributed by atoms with Gasteiger partial charge in [0.2, 0.25) is 5.91 Å². The zero-order chi connectivity index (χ0) is 22.1. The Hall–Kier alpha value is -3.33. The molecule has 0 aliphatic carbocycles. The van der Waals surface area contributed by atoms with E-state index in [1.54, 1.807) is 28.9 Å². The maximum atomic E-state index is 13.4. The first-order valence-corrected chi connectivity index (χ1v) is 10.6. The Kier molecular flexibility index (Phi) is 5.69. The van der Waals surface area contributed by atoms with Gasteiger partial charge < -0.3 is 15.8 Å². The van der Waals surface area contributed by atoms with Crippen molar-refractivity contribution >= 4 is 29.4 Å². The van der Waals surface area contributed by atoms with Crippen molar-refractivity contribution in [3.63, 3.8) is 0 Å². The molecule has 1 aliphatic heterocycles. The number of benzene rings is 2. The molecule has 4 rings (SSSR count). The predicted octanol–water partition coefficient (Wildman–Crippen LogP) is 3.35. The maximum Gasteiger partial charge on any atom is 0.255 e. The average Bonchev–Trinajstić information content (AvgIpc) is 2.99. The zero-order valence-corrected chi connectivity index (χ0v) is 17.8. The summed E-state index contributed by atoms with van der Waals surface area (Å²) in [4.78, 5) is 23.6. The summed E-state index contributed by atoms with van der Waals surface area (Å²) in [5, 5.41) is 7.15. The van der Waals surface area contributed by atoms with Gasteiger partial charge in [0.25, 0.3) is 5.91 Å². The Morgan fingerprint density at radius 1 is 1.23 bits per heavy atom. The van der Waals surface area contributed by atoms with E-state index in [2.05, 4.69) is 10.4 Å².